The molecule has 0 bridgehead atoms. The number of hydrogen-bond acceptors (Lipinski definition) is 2. The molecule has 0 aromatic heterocycles. The summed E-state index contributed by atoms with van der Waals surface area (Å²) in [5, 5.41) is 1.18. The molecule has 0 aliphatic carbocycles. The molecule has 0 unspecified atom stereocenters. The van der Waals surface area contributed by atoms with Crippen LogP contribution >= 0.6 is 35.4 Å². The van der Waals surface area contributed by atoms with Crippen molar-refractivity contribution in [2.24, 2.45) is 5.73 Å². The standard InChI is InChI=1S/C14H11Cl2NOS/c15-11-4-1-9(2-5-11)8-18-13-6-3-10(14(17)19)7-12(13)16/h1-7H,8H2,(H2,17,19). The van der Waals surface area contributed by atoms with Crippen LogP contribution in [-0.4, -0.2) is 4.99 Å². The van der Waals surface area contributed by atoms with Gasteiger partial charge in [0.05, 0.1) is 5.02 Å². The van der Waals surface area contributed by atoms with Crippen molar-refractivity contribution in [3.8, 4) is 5.75 Å². The number of thiocarbonyl (C=S) groups is 1. The van der Waals surface area contributed by atoms with Gasteiger partial charge in [-0.25, -0.2) is 0 Å². The van der Waals surface area contributed by atoms with E-state index >= 15 is 0 Å². The molecule has 0 aliphatic rings. The Morgan fingerprint density at radius 2 is 1.79 bits per heavy atom. The number of hydrogen-bond donors (Lipinski definition) is 1. The van der Waals surface area contributed by atoms with Gasteiger partial charge in [-0.15, -0.1) is 0 Å². The Hall–Kier alpha value is -1.29. The van der Waals surface area contributed by atoms with Crippen molar-refractivity contribution in [1.29, 1.82) is 0 Å². The second kappa shape index (κ2) is 6.24. The minimum Gasteiger partial charge on any atom is -0.487 e. The second-order valence-electron chi connectivity index (χ2n) is 3.92. The highest BCUT2D eigenvalue weighted by atomic mass is 35.5. The van der Waals surface area contributed by atoms with Gasteiger partial charge in [-0.3, -0.25) is 0 Å². The summed E-state index contributed by atoms with van der Waals surface area (Å²) >= 11 is 16.8. The summed E-state index contributed by atoms with van der Waals surface area (Å²) in [6, 6.07) is 12.7. The molecule has 2 N–H and O–H groups in total. The Balaban J connectivity index is 2.07. The van der Waals surface area contributed by atoms with Crippen LogP contribution in [0.2, 0.25) is 10.0 Å². The number of nitrogens with two attached hydrogens (primary N) is 1. The summed E-state index contributed by atoms with van der Waals surface area (Å²) in [5.74, 6) is 0.594. The highest BCUT2D eigenvalue weighted by molar-refractivity contribution is 7.80. The molecule has 0 spiro atoms. The fourth-order valence-corrected chi connectivity index (χ4v) is 2.00. The fourth-order valence-electron chi connectivity index (χ4n) is 1.51. The van der Waals surface area contributed by atoms with Crippen molar-refractivity contribution in [3.63, 3.8) is 0 Å². The highest BCUT2D eigenvalue weighted by Gasteiger charge is 2.05. The van der Waals surface area contributed by atoms with Crippen LogP contribution in [0.5, 0.6) is 5.75 Å². The van der Waals surface area contributed by atoms with Gasteiger partial charge in [0.15, 0.2) is 0 Å². The molecule has 5 heteroatoms. The van der Waals surface area contributed by atoms with E-state index in [1.54, 1.807) is 18.2 Å². The van der Waals surface area contributed by atoms with Crippen LogP contribution in [0.3, 0.4) is 0 Å². The Morgan fingerprint density at radius 3 is 2.37 bits per heavy atom. The molecule has 0 atom stereocenters. The van der Waals surface area contributed by atoms with Crippen molar-refractivity contribution in [3.05, 3.63) is 63.6 Å². The van der Waals surface area contributed by atoms with Crippen molar-refractivity contribution in [2.45, 2.75) is 6.61 Å². The Labute approximate surface area is 127 Å². The van der Waals surface area contributed by atoms with Crippen molar-refractivity contribution in [1.82, 2.24) is 0 Å². The Kier molecular flexibility index (Phi) is 4.64. The van der Waals surface area contributed by atoms with Crippen LogP contribution in [0.1, 0.15) is 11.1 Å². The fraction of sp³-hybridized carbons (Fsp3) is 0.0714. The van der Waals surface area contributed by atoms with E-state index in [9.17, 15) is 0 Å². The minimum atomic E-state index is 0.311. The van der Waals surface area contributed by atoms with Gasteiger partial charge in [0.1, 0.15) is 17.3 Å². The van der Waals surface area contributed by atoms with Gasteiger partial charge in [-0.1, -0.05) is 47.6 Å². The Bertz CT molecular complexity index is 599. The van der Waals surface area contributed by atoms with E-state index in [-0.39, 0.29) is 0 Å². The summed E-state index contributed by atoms with van der Waals surface area (Å²) in [6.07, 6.45) is 0. The molecule has 2 aromatic carbocycles. The molecular weight excluding hydrogens is 301 g/mol. The van der Waals surface area contributed by atoms with Crippen LogP contribution in [0.15, 0.2) is 42.5 Å². The monoisotopic (exact) mass is 311 g/mol. The number of ether oxygens (including phenoxy) is 1. The first kappa shape index (κ1) is 14.1. The zero-order chi connectivity index (χ0) is 13.8. The number of benzene rings is 2. The van der Waals surface area contributed by atoms with E-state index < -0.39 is 0 Å². The molecule has 2 aromatic rings. The van der Waals surface area contributed by atoms with E-state index in [1.165, 1.54) is 0 Å². The molecular formula is C14H11Cl2NOS. The SMILES string of the molecule is NC(=S)c1ccc(OCc2ccc(Cl)cc2)c(Cl)c1. The zero-order valence-corrected chi connectivity index (χ0v) is 12.2. The van der Waals surface area contributed by atoms with E-state index in [4.69, 9.17) is 45.9 Å². The van der Waals surface area contributed by atoms with Gasteiger partial charge in [-0.2, -0.15) is 0 Å². The molecule has 0 saturated carbocycles. The molecule has 0 heterocycles. The smallest absolute Gasteiger partial charge is 0.138 e. The van der Waals surface area contributed by atoms with Gasteiger partial charge in [0, 0.05) is 10.6 Å². The van der Waals surface area contributed by atoms with Crippen molar-refractivity contribution >= 4 is 40.4 Å². The molecule has 0 amide bonds. The third kappa shape index (κ3) is 3.83. The summed E-state index contributed by atoms with van der Waals surface area (Å²) in [7, 11) is 0. The maximum absolute atomic E-state index is 6.10. The summed E-state index contributed by atoms with van der Waals surface area (Å²) in [5.41, 5.74) is 7.27. The predicted molar refractivity (Wildman–Crippen MR) is 83.1 cm³/mol. The van der Waals surface area contributed by atoms with E-state index in [1.807, 2.05) is 24.3 Å². The number of halogens is 2. The first-order chi connectivity index (χ1) is 9.06. The maximum Gasteiger partial charge on any atom is 0.138 e. The van der Waals surface area contributed by atoms with E-state index in [2.05, 4.69) is 0 Å². The molecule has 0 radical (unpaired) electrons. The third-order valence-corrected chi connectivity index (χ3v) is 3.31. The topological polar surface area (TPSA) is 35.2 Å². The Morgan fingerprint density at radius 1 is 1.11 bits per heavy atom. The second-order valence-corrected chi connectivity index (χ2v) is 5.21. The lowest BCUT2D eigenvalue weighted by Gasteiger charge is -2.09. The predicted octanol–water partition coefficient (Wildman–Crippen LogP) is 4.21. The average molecular weight is 312 g/mol. The molecule has 2 nitrogen and oxygen atoms in total. The molecule has 98 valence electrons. The first-order valence-corrected chi connectivity index (χ1v) is 6.69. The quantitative estimate of drug-likeness (QED) is 0.859. The van der Waals surface area contributed by atoms with Crippen molar-refractivity contribution in [2.75, 3.05) is 0 Å². The maximum atomic E-state index is 6.10. The molecule has 19 heavy (non-hydrogen) atoms. The highest BCUT2D eigenvalue weighted by Crippen LogP contribution is 2.26. The van der Waals surface area contributed by atoms with Gasteiger partial charge >= 0.3 is 0 Å². The lowest BCUT2D eigenvalue weighted by atomic mass is 10.2. The van der Waals surface area contributed by atoms with Crippen LogP contribution in [0.4, 0.5) is 0 Å². The van der Waals surface area contributed by atoms with Crippen LogP contribution in [0.25, 0.3) is 0 Å². The molecule has 0 saturated heterocycles. The van der Waals surface area contributed by atoms with Gasteiger partial charge in [-0.05, 0) is 35.9 Å². The third-order valence-electron chi connectivity index (χ3n) is 2.52. The van der Waals surface area contributed by atoms with Gasteiger partial charge in [0.25, 0.3) is 0 Å². The molecule has 0 aliphatic heterocycles. The van der Waals surface area contributed by atoms with Gasteiger partial charge in [0.2, 0.25) is 0 Å². The first-order valence-electron chi connectivity index (χ1n) is 5.53. The van der Waals surface area contributed by atoms with E-state index in [0.29, 0.717) is 27.4 Å². The van der Waals surface area contributed by atoms with Gasteiger partial charge < -0.3 is 10.5 Å². The number of rotatable bonds is 4. The van der Waals surface area contributed by atoms with Crippen LogP contribution in [0, 0.1) is 0 Å². The summed E-state index contributed by atoms with van der Waals surface area (Å²) < 4.78 is 5.64. The van der Waals surface area contributed by atoms with Crippen LogP contribution < -0.4 is 10.5 Å². The lowest BCUT2D eigenvalue weighted by molar-refractivity contribution is 0.306. The van der Waals surface area contributed by atoms with E-state index in [0.717, 1.165) is 11.1 Å². The summed E-state index contributed by atoms with van der Waals surface area (Å²) in [4.78, 5) is 0.311. The lowest BCUT2D eigenvalue weighted by Crippen LogP contribution is -2.09. The minimum absolute atomic E-state index is 0.311. The van der Waals surface area contributed by atoms with Crippen LogP contribution in [-0.2, 0) is 6.61 Å². The van der Waals surface area contributed by atoms with Crippen molar-refractivity contribution < 1.29 is 4.74 Å². The largest absolute Gasteiger partial charge is 0.487 e. The summed E-state index contributed by atoms with van der Waals surface area (Å²) in [6.45, 7) is 0.420. The zero-order valence-electron chi connectivity index (χ0n) is 9.90. The average Bonchev–Trinajstić information content (AvgIpc) is 2.39. The normalized spacial score (nSPS) is 10.2. The molecule has 2 rings (SSSR count). The molecule has 0 fully saturated rings.